The lowest BCUT2D eigenvalue weighted by Crippen LogP contribution is -2.45. The Labute approximate surface area is 330 Å². The number of nitrogens with one attached hydrogen (secondary N) is 2. The standard InChI is InChI=1S/C38H37N5O9P2S2/c1-22(31(20-44)42-38(46)33-24-11-3-7-15-28(24)40-29-16-8-4-12-25(29)33)51-54(49,56)52-23(21-50-53(47,48)55)19-39-37(45)34-27-14-6-10-18-32(27)43(2)36-26-13-5-9-17-30(26)41-35(34)36/h3-18,22-23,31,44H,19-21H2,1-2H3,(H,39,45)(H,42,46)(H,49,56)(H2,47,48,55)/t22?,23-,31?,54?/m1/s1. The van der Waals surface area contributed by atoms with Crippen LogP contribution in [0.4, 0.5) is 0 Å². The van der Waals surface area contributed by atoms with Gasteiger partial charge >= 0.3 is 13.4 Å². The zero-order valence-corrected chi connectivity index (χ0v) is 33.4. The number of aliphatic hydroxyl groups excluding tert-OH is 1. The molecule has 2 aliphatic heterocycles. The molecule has 3 unspecified atom stereocenters. The van der Waals surface area contributed by atoms with Gasteiger partial charge in [-0.25, -0.2) is 9.97 Å². The van der Waals surface area contributed by atoms with Gasteiger partial charge in [0.05, 0.1) is 58.7 Å². The number of pyridine rings is 2. The fraction of sp³-hybridized carbons (Fsp3) is 0.211. The number of benzene rings is 4. The first-order chi connectivity index (χ1) is 26.7. The monoisotopic (exact) mass is 833 g/mol. The number of hydrogen-bond donors (Lipinski definition) is 6. The highest BCUT2D eigenvalue weighted by molar-refractivity contribution is 8.07. The lowest BCUT2D eigenvalue weighted by Gasteiger charge is -2.29. The largest absolute Gasteiger partial charge is 0.394 e. The third kappa shape index (κ3) is 8.37. The van der Waals surface area contributed by atoms with Crippen LogP contribution in [-0.4, -0.2) is 84.1 Å². The highest BCUT2D eigenvalue weighted by Gasteiger charge is 2.32. The Morgan fingerprint density at radius 2 is 1.32 bits per heavy atom. The summed E-state index contributed by atoms with van der Waals surface area (Å²) in [7, 11) is 1.90. The predicted octanol–water partition coefficient (Wildman–Crippen LogP) is 5.29. The molecule has 1 aromatic heterocycles. The van der Waals surface area contributed by atoms with E-state index in [4.69, 9.17) is 30.4 Å². The molecule has 4 atom stereocenters. The number of carbonyl (C=O) groups excluding carboxylic acids is 2. The number of carbonyl (C=O) groups is 2. The van der Waals surface area contributed by atoms with Crippen molar-refractivity contribution in [3.8, 4) is 11.4 Å². The van der Waals surface area contributed by atoms with Crippen LogP contribution in [0.25, 0.3) is 55.0 Å². The van der Waals surface area contributed by atoms with Crippen LogP contribution in [0.15, 0.2) is 97.1 Å². The Kier molecular flexibility index (Phi) is 11.6. The van der Waals surface area contributed by atoms with E-state index in [1.54, 1.807) is 36.4 Å². The molecule has 14 nitrogen and oxygen atoms in total. The summed E-state index contributed by atoms with van der Waals surface area (Å²) in [6.45, 7) is -8.51. The topological polar surface area (TPSA) is 198 Å². The second-order valence-electron chi connectivity index (χ2n) is 13.1. The van der Waals surface area contributed by atoms with E-state index >= 15 is 0 Å². The van der Waals surface area contributed by atoms with Gasteiger partial charge in [0.15, 0.2) is 0 Å². The fourth-order valence-electron chi connectivity index (χ4n) is 6.78. The quantitative estimate of drug-likeness (QED) is 0.0612. The molecule has 56 heavy (non-hydrogen) atoms. The van der Waals surface area contributed by atoms with Crippen LogP contribution in [0.2, 0.25) is 0 Å². The summed E-state index contributed by atoms with van der Waals surface area (Å²) < 4.78 is 18.6. The zero-order valence-electron chi connectivity index (χ0n) is 30.0. The van der Waals surface area contributed by atoms with Crippen molar-refractivity contribution in [3.05, 3.63) is 108 Å². The second kappa shape index (κ2) is 16.3. The minimum atomic E-state index is -4.26. The van der Waals surface area contributed by atoms with Gasteiger partial charge in [-0.05, 0) is 54.8 Å². The van der Waals surface area contributed by atoms with E-state index in [9.17, 15) is 29.4 Å². The van der Waals surface area contributed by atoms with Gasteiger partial charge in [-0.2, -0.15) is 0 Å². The van der Waals surface area contributed by atoms with Crippen LogP contribution in [-0.2, 0) is 44.2 Å². The van der Waals surface area contributed by atoms with Gasteiger partial charge in [-0.15, -0.1) is 0 Å². The third-order valence-corrected chi connectivity index (χ3v) is 11.8. The zero-order chi connectivity index (χ0) is 39.8. The second-order valence-corrected chi connectivity index (χ2v) is 18.5. The molecule has 7 rings (SSSR count). The van der Waals surface area contributed by atoms with Gasteiger partial charge in [0.1, 0.15) is 11.8 Å². The molecule has 18 heteroatoms. The van der Waals surface area contributed by atoms with E-state index in [1.165, 1.54) is 6.92 Å². The Hall–Kier alpha value is -4.28. The molecule has 0 saturated carbocycles. The van der Waals surface area contributed by atoms with Crippen molar-refractivity contribution < 1.29 is 42.9 Å². The van der Waals surface area contributed by atoms with E-state index in [1.807, 2.05) is 72.3 Å². The first kappa shape index (κ1) is 39.9. The van der Waals surface area contributed by atoms with Crippen LogP contribution in [0.3, 0.4) is 0 Å². The Morgan fingerprint density at radius 1 is 0.768 bits per heavy atom. The molecule has 0 spiro atoms. The van der Waals surface area contributed by atoms with Gasteiger partial charge in [0, 0.05) is 40.7 Å². The van der Waals surface area contributed by atoms with Crippen molar-refractivity contribution in [2.24, 2.45) is 7.05 Å². The summed E-state index contributed by atoms with van der Waals surface area (Å²) in [5.41, 5.74) is 4.57. The number of fused-ring (bicyclic) bond motifs is 6. The van der Waals surface area contributed by atoms with Crippen molar-refractivity contribution in [2.45, 2.75) is 25.2 Å². The van der Waals surface area contributed by atoms with Crippen LogP contribution >= 0.6 is 13.4 Å². The molecule has 290 valence electrons. The number of aryl methyl sites for hydroxylation is 1. The maximum Gasteiger partial charge on any atom is 0.325 e. The normalized spacial score (nSPS) is 14.9. The number of aliphatic hydroxyl groups is 1. The van der Waals surface area contributed by atoms with Crippen molar-refractivity contribution in [1.82, 2.24) is 25.2 Å². The molecular formula is C38H37N5O9P2S2. The smallest absolute Gasteiger partial charge is 0.325 e. The molecule has 5 aromatic rings. The molecule has 6 N–H and O–H groups in total. The van der Waals surface area contributed by atoms with Crippen molar-refractivity contribution in [3.63, 3.8) is 0 Å². The Balaban J connectivity index is 1.10. The van der Waals surface area contributed by atoms with E-state index in [2.05, 4.69) is 27.4 Å². The SMILES string of the molecule is CC(OP(O)(=S)O[C@H](CNC(=O)c1c2nc3ccccc3c-2n(C)c2ccccc12)COP(O)(O)=S)C(CO)NC(=O)c1c2ccccc2nc2ccccc12. The molecule has 4 aromatic carbocycles. The third-order valence-electron chi connectivity index (χ3n) is 9.34. The minimum absolute atomic E-state index is 0.295. The molecule has 0 saturated heterocycles. The van der Waals surface area contributed by atoms with Gasteiger partial charge < -0.3 is 48.6 Å². The highest BCUT2D eigenvalue weighted by atomic mass is 32.5. The van der Waals surface area contributed by atoms with Crippen molar-refractivity contribution >= 4 is 92.5 Å². The predicted molar refractivity (Wildman–Crippen MR) is 221 cm³/mol. The number of nitrogens with zero attached hydrogens (tertiary/aromatic N) is 3. The maximum atomic E-state index is 14.1. The molecule has 0 fully saturated rings. The average Bonchev–Trinajstić information content (AvgIpc) is 3.56. The van der Waals surface area contributed by atoms with Crippen molar-refractivity contribution in [1.29, 1.82) is 0 Å². The number of para-hydroxylation sites is 4. The fourth-order valence-corrected chi connectivity index (χ4v) is 9.22. The number of rotatable bonds is 14. The molecule has 3 heterocycles. The lowest BCUT2D eigenvalue weighted by molar-refractivity contribution is 0.0541. The molecule has 2 amide bonds. The molecule has 0 aliphatic carbocycles. The van der Waals surface area contributed by atoms with E-state index in [-0.39, 0.29) is 6.54 Å². The minimum Gasteiger partial charge on any atom is -0.394 e. The lowest BCUT2D eigenvalue weighted by atomic mass is 10.0. The number of aromatic nitrogens is 3. The summed E-state index contributed by atoms with van der Waals surface area (Å²) in [4.78, 5) is 68.3. The Morgan fingerprint density at radius 3 is 1.93 bits per heavy atom. The molecule has 2 aliphatic rings. The first-order valence-corrected chi connectivity index (χ1v) is 22.6. The molecule has 0 bridgehead atoms. The summed E-state index contributed by atoms with van der Waals surface area (Å²) in [5, 5.41) is 18.6. The van der Waals surface area contributed by atoms with Crippen LogP contribution < -0.4 is 10.6 Å². The maximum absolute atomic E-state index is 14.1. The van der Waals surface area contributed by atoms with E-state index in [0.717, 1.165) is 16.6 Å². The molecular weight excluding hydrogens is 797 g/mol. The summed E-state index contributed by atoms with van der Waals surface area (Å²) in [6, 6.07) is 28.2. The number of amides is 2. The summed E-state index contributed by atoms with van der Waals surface area (Å²) >= 11 is 9.98. The van der Waals surface area contributed by atoms with Crippen LogP contribution in [0.5, 0.6) is 0 Å². The van der Waals surface area contributed by atoms with E-state index in [0.29, 0.717) is 49.5 Å². The summed E-state index contributed by atoms with van der Waals surface area (Å²) in [5.74, 6) is -1.05. The average molecular weight is 834 g/mol. The Bertz CT molecular complexity index is 2640. The summed E-state index contributed by atoms with van der Waals surface area (Å²) in [6.07, 6.45) is -2.40. The first-order valence-electron chi connectivity index (χ1n) is 17.4. The number of hydrogen-bond acceptors (Lipinski definition) is 10. The molecule has 0 radical (unpaired) electrons. The van der Waals surface area contributed by atoms with Gasteiger partial charge in [-0.1, -0.05) is 72.8 Å². The van der Waals surface area contributed by atoms with Gasteiger partial charge in [-0.3, -0.25) is 9.59 Å². The van der Waals surface area contributed by atoms with Crippen molar-refractivity contribution in [2.75, 3.05) is 19.8 Å². The highest BCUT2D eigenvalue weighted by Crippen LogP contribution is 2.48. The van der Waals surface area contributed by atoms with Crippen LogP contribution in [0.1, 0.15) is 27.6 Å². The van der Waals surface area contributed by atoms with Gasteiger partial charge in [0.25, 0.3) is 11.8 Å². The van der Waals surface area contributed by atoms with E-state index < -0.39 is 56.7 Å². The van der Waals surface area contributed by atoms with Gasteiger partial charge in [0.2, 0.25) is 0 Å². The van der Waals surface area contributed by atoms with Crippen LogP contribution in [0, 0.1) is 0 Å².